The van der Waals surface area contributed by atoms with Crippen molar-refractivity contribution < 1.29 is 9.18 Å². The number of nitrogens with zero attached hydrogens (tertiary/aromatic N) is 4. The lowest BCUT2D eigenvalue weighted by Gasteiger charge is -2.55. The lowest BCUT2D eigenvalue weighted by molar-refractivity contribution is -0.121. The van der Waals surface area contributed by atoms with Crippen molar-refractivity contribution in [3.63, 3.8) is 0 Å². The molecule has 2 atom stereocenters. The fourth-order valence-electron chi connectivity index (χ4n) is 6.32. The van der Waals surface area contributed by atoms with Crippen LogP contribution in [0.5, 0.6) is 0 Å². The van der Waals surface area contributed by atoms with Gasteiger partial charge in [0, 0.05) is 23.9 Å². The molecule has 3 aliphatic rings. The van der Waals surface area contributed by atoms with E-state index in [2.05, 4.69) is 11.6 Å². The van der Waals surface area contributed by atoms with E-state index >= 15 is 0 Å². The molecule has 0 bridgehead atoms. The third kappa shape index (κ3) is 3.48. The Hall–Kier alpha value is -2.24. The monoisotopic (exact) mass is 424 g/mol. The van der Waals surface area contributed by atoms with Crippen LogP contribution in [0.3, 0.4) is 0 Å². The first-order chi connectivity index (χ1) is 15.1. The molecule has 31 heavy (non-hydrogen) atoms. The fraction of sp³-hybridized carbons (Fsp3) is 0.640. The van der Waals surface area contributed by atoms with Crippen molar-refractivity contribution >= 4 is 11.9 Å². The van der Waals surface area contributed by atoms with E-state index in [1.165, 1.54) is 44.2 Å². The quantitative estimate of drug-likeness (QED) is 0.620. The number of aromatic nitrogens is 3. The summed E-state index contributed by atoms with van der Waals surface area (Å²) >= 11 is 0. The molecule has 0 radical (unpaired) electrons. The van der Waals surface area contributed by atoms with E-state index in [0.29, 0.717) is 18.2 Å². The molecule has 2 unspecified atom stereocenters. The van der Waals surface area contributed by atoms with E-state index in [9.17, 15) is 9.18 Å². The largest absolute Gasteiger partial charge is 0.277 e. The predicted molar refractivity (Wildman–Crippen MR) is 119 cm³/mol. The zero-order valence-corrected chi connectivity index (χ0v) is 18.5. The molecule has 1 aromatic heterocycles. The number of carbonyl (C=O) groups is 1. The van der Waals surface area contributed by atoms with Crippen molar-refractivity contribution in [2.24, 2.45) is 5.92 Å². The van der Waals surface area contributed by atoms with Crippen LogP contribution >= 0.6 is 0 Å². The smallest absolute Gasteiger partial charge is 0.231 e. The Balaban J connectivity index is 1.65. The van der Waals surface area contributed by atoms with E-state index in [0.717, 1.165) is 50.0 Å². The van der Waals surface area contributed by atoms with Crippen molar-refractivity contribution in [2.45, 2.75) is 95.6 Å². The van der Waals surface area contributed by atoms with Crippen molar-refractivity contribution in [1.29, 1.82) is 0 Å². The Bertz CT molecular complexity index is 931. The number of unbranched alkanes of at least 4 members (excludes halogenated alkanes) is 1. The summed E-state index contributed by atoms with van der Waals surface area (Å²) in [5.74, 6) is 1.70. The van der Waals surface area contributed by atoms with Gasteiger partial charge in [-0.15, -0.1) is 5.10 Å². The standard InChI is InChI=1S/C25H33FN4O/c1-2-3-11-22(31)29-21-10-6-5-9-20(21)25(16-7-4-8-17-25)30-24(29)27-23(28-30)18-12-14-19(26)15-13-18/h12-15,20-21H,2-11,16-17H2,1H3. The molecule has 5 rings (SSSR count). The number of halogens is 1. The molecule has 1 aromatic carbocycles. The Kier molecular flexibility index (Phi) is 5.57. The molecule has 2 heterocycles. The van der Waals surface area contributed by atoms with Gasteiger partial charge in [0.2, 0.25) is 11.9 Å². The van der Waals surface area contributed by atoms with Crippen LogP contribution in [-0.2, 0) is 10.3 Å². The van der Waals surface area contributed by atoms with Gasteiger partial charge in [0.1, 0.15) is 5.82 Å². The van der Waals surface area contributed by atoms with Gasteiger partial charge in [-0.05, 0) is 56.4 Å². The van der Waals surface area contributed by atoms with Crippen molar-refractivity contribution in [1.82, 2.24) is 14.8 Å². The Morgan fingerprint density at radius 2 is 1.84 bits per heavy atom. The SMILES string of the molecule is CCCCC(=O)N1c2nc(-c3ccc(F)cc3)nn2C2(CCCCC2)C2CCCCC21. The minimum atomic E-state index is -0.265. The summed E-state index contributed by atoms with van der Waals surface area (Å²) in [5.41, 5.74) is 0.768. The van der Waals surface area contributed by atoms with Gasteiger partial charge in [-0.25, -0.2) is 9.07 Å². The zero-order chi connectivity index (χ0) is 21.4. The van der Waals surface area contributed by atoms with Gasteiger partial charge >= 0.3 is 0 Å². The summed E-state index contributed by atoms with van der Waals surface area (Å²) < 4.78 is 15.6. The highest BCUT2D eigenvalue weighted by atomic mass is 19.1. The molecular weight excluding hydrogens is 391 g/mol. The van der Waals surface area contributed by atoms with E-state index in [1.54, 1.807) is 12.1 Å². The fourth-order valence-corrected chi connectivity index (χ4v) is 6.32. The van der Waals surface area contributed by atoms with Crippen LogP contribution in [-0.4, -0.2) is 26.7 Å². The summed E-state index contributed by atoms with van der Waals surface area (Å²) in [4.78, 5) is 20.4. The number of anilines is 1. The summed E-state index contributed by atoms with van der Waals surface area (Å²) in [6, 6.07) is 6.61. The molecule has 2 aliphatic carbocycles. The maximum absolute atomic E-state index is 13.5. The number of carbonyl (C=O) groups excluding carboxylic acids is 1. The summed E-state index contributed by atoms with van der Waals surface area (Å²) in [5, 5.41) is 5.02. The van der Waals surface area contributed by atoms with Crippen LogP contribution in [0.4, 0.5) is 10.3 Å². The zero-order valence-electron chi connectivity index (χ0n) is 18.5. The van der Waals surface area contributed by atoms with E-state index in [-0.39, 0.29) is 23.3 Å². The van der Waals surface area contributed by atoms with Gasteiger partial charge in [0.15, 0.2) is 5.82 Å². The Labute approximate surface area is 184 Å². The van der Waals surface area contributed by atoms with Crippen LogP contribution < -0.4 is 4.90 Å². The predicted octanol–water partition coefficient (Wildman–Crippen LogP) is 5.84. The third-order valence-corrected chi connectivity index (χ3v) is 7.81. The lowest BCUT2D eigenvalue weighted by Crippen LogP contribution is -2.61. The average molecular weight is 425 g/mol. The molecule has 1 amide bonds. The normalized spacial score (nSPS) is 24.6. The van der Waals surface area contributed by atoms with Gasteiger partial charge in [-0.3, -0.25) is 9.69 Å². The van der Waals surface area contributed by atoms with E-state index in [1.807, 2.05) is 4.90 Å². The highest BCUT2D eigenvalue weighted by Gasteiger charge is 2.54. The van der Waals surface area contributed by atoms with Crippen molar-refractivity contribution in [3.05, 3.63) is 30.1 Å². The number of amides is 1. The maximum atomic E-state index is 13.5. The second-order valence-electron chi connectivity index (χ2n) is 9.64. The molecule has 6 heteroatoms. The van der Waals surface area contributed by atoms with Crippen LogP contribution in [0.15, 0.2) is 24.3 Å². The molecule has 166 valence electrons. The van der Waals surface area contributed by atoms with Crippen LogP contribution in [0.2, 0.25) is 0 Å². The topological polar surface area (TPSA) is 51.0 Å². The molecule has 2 saturated carbocycles. The van der Waals surface area contributed by atoms with Gasteiger partial charge in [0.25, 0.3) is 0 Å². The first kappa shape index (κ1) is 20.7. The minimum absolute atomic E-state index is 0.0362. The second kappa shape index (κ2) is 8.36. The Morgan fingerprint density at radius 1 is 1.10 bits per heavy atom. The molecule has 2 fully saturated rings. The van der Waals surface area contributed by atoms with Crippen LogP contribution in [0, 0.1) is 11.7 Å². The highest BCUT2D eigenvalue weighted by Crippen LogP contribution is 2.53. The summed E-state index contributed by atoms with van der Waals surface area (Å²) in [6.07, 6.45) is 13.0. The second-order valence-corrected chi connectivity index (χ2v) is 9.64. The highest BCUT2D eigenvalue weighted by molar-refractivity contribution is 5.93. The minimum Gasteiger partial charge on any atom is -0.277 e. The maximum Gasteiger partial charge on any atom is 0.231 e. The van der Waals surface area contributed by atoms with Gasteiger partial charge in [0.05, 0.1) is 5.54 Å². The molecule has 0 saturated heterocycles. The van der Waals surface area contributed by atoms with Gasteiger partial charge < -0.3 is 0 Å². The summed E-state index contributed by atoms with van der Waals surface area (Å²) in [7, 11) is 0. The van der Waals surface area contributed by atoms with Crippen molar-refractivity contribution in [3.8, 4) is 11.4 Å². The number of hydrogen-bond donors (Lipinski definition) is 0. The van der Waals surface area contributed by atoms with E-state index < -0.39 is 0 Å². The third-order valence-electron chi connectivity index (χ3n) is 7.81. The Morgan fingerprint density at radius 3 is 2.58 bits per heavy atom. The molecule has 1 spiro atoms. The number of hydrogen-bond acceptors (Lipinski definition) is 3. The molecule has 2 aromatic rings. The van der Waals surface area contributed by atoms with E-state index in [4.69, 9.17) is 10.1 Å². The van der Waals surface area contributed by atoms with Gasteiger partial charge in [-0.1, -0.05) is 45.4 Å². The summed E-state index contributed by atoms with van der Waals surface area (Å²) in [6.45, 7) is 2.12. The first-order valence-electron chi connectivity index (χ1n) is 12.2. The number of rotatable bonds is 4. The molecule has 5 nitrogen and oxygen atoms in total. The number of benzene rings is 1. The van der Waals surface area contributed by atoms with Crippen LogP contribution in [0.25, 0.3) is 11.4 Å². The molecule has 1 aliphatic heterocycles. The van der Waals surface area contributed by atoms with Crippen molar-refractivity contribution in [2.75, 3.05) is 4.90 Å². The van der Waals surface area contributed by atoms with Gasteiger partial charge in [-0.2, -0.15) is 4.98 Å². The average Bonchev–Trinajstić information content (AvgIpc) is 3.25. The van der Waals surface area contributed by atoms with Crippen LogP contribution in [0.1, 0.15) is 84.0 Å². The first-order valence-corrected chi connectivity index (χ1v) is 12.2. The molecular formula is C25H33FN4O. The number of fused-ring (bicyclic) bond motifs is 4. The lowest BCUT2D eigenvalue weighted by atomic mass is 9.64. The molecule has 0 N–H and O–H groups in total.